The fourth-order valence-corrected chi connectivity index (χ4v) is 1.56. The van der Waals surface area contributed by atoms with Crippen LogP contribution in [0.15, 0.2) is 18.2 Å². The van der Waals surface area contributed by atoms with E-state index < -0.39 is 0 Å². The van der Waals surface area contributed by atoms with E-state index in [1.54, 1.807) is 30.1 Å². The van der Waals surface area contributed by atoms with E-state index in [1.807, 2.05) is 6.92 Å². The molecule has 0 aliphatic heterocycles. The number of hydrogen-bond donors (Lipinski definition) is 2. The van der Waals surface area contributed by atoms with Crippen LogP contribution >= 0.6 is 11.6 Å². The van der Waals surface area contributed by atoms with Crippen molar-refractivity contribution < 1.29 is 9.90 Å². The number of nitrogens with one attached hydrogen (secondary N) is 1. The molecule has 17 heavy (non-hydrogen) atoms. The van der Waals surface area contributed by atoms with Crippen molar-refractivity contribution in [2.75, 3.05) is 20.1 Å². The smallest absolute Gasteiger partial charge is 0.236 e. The summed E-state index contributed by atoms with van der Waals surface area (Å²) in [6.07, 6.45) is 0. The van der Waals surface area contributed by atoms with Gasteiger partial charge in [0, 0.05) is 30.7 Å². The maximum absolute atomic E-state index is 11.5. The molecule has 4 nitrogen and oxygen atoms in total. The Bertz CT molecular complexity index is 376. The monoisotopic (exact) mass is 256 g/mol. The van der Waals surface area contributed by atoms with Crippen molar-refractivity contribution in [2.45, 2.75) is 13.5 Å². The fourth-order valence-electron chi connectivity index (χ4n) is 1.33. The molecule has 0 saturated carbocycles. The van der Waals surface area contributed by atoms with Gasteiger partial charge >= 0.3 is 0 Å². The van der Waals surface area contributed by atoms with Gasteiger partial charge in [0.15, 0.2) is 0 Å². The molecular formula is C12H17ClN2O2. The lowest BCUT2D eigenvalue weighted by atomic mass is 10.2. The van der Waals surface area contributed by atoms with Crippen molar-refractivity contribution in [3.63, 3.8) is 0 Å². The van der Waals surface area contributed by atoms with Gasteiger partial charge < -0.3 is 15.3 Å². The Morgan fingerprint density at radius 1 is 1.53 bits per heavy atom. The summed E-state index contributed by atoms with van der Waals surface area (Å²) >= 11 is 5.94. The van der Waals surface area contributed by atoms with Crippen molar-refractivity contribution in [2.24, 2.45) is 0 Å². The number of benzene rings is 1. The van der Waals surface area contributed by atoms with Crippen LogP contribution in [0.25, 0.3) is 0 Å². The molecule has 94 valence electrons. The highest BCUT2D eigenvalue weighted by atomic mass is 35.5. The third-order valence-corrected chi connectivity index (χ3v) is 2.93. The largest absolute Gasteiger partial charge is 0.508 e. The van der Waals surface area contributed by atoms with Crippen molar-refractivity contribution in [3.8, 4) is 5.75 Å². The van der Waals surface area contributed by atoms with Crippen molar-refractivity contribution in [1.29, 1.82) is 0 Å². The van der Waals surface area contributed by atoms with Crippen molar-refractivity contribution in [1.82, 2.24) is 10.2 Å². The minimum absolute atomic E-state index is 0.0130. The number of carbonyl (C=O) groups excluding carboxylic acids is 1. The molecule has 0 unspecified atom stereocenters. The van der Waals surface area contributed by atoms with Gasteiger partial charge in [0.2, 0.25) is 5.91 Å². The van der Waals surface area contributed by atoms with Crippen LogP contribution in [0.5, 0.6) is 5.75 Å². The van der Waals surface area contributed by atoms with Crippen molar-refractivity contribution in [3.05, 3.63) is 28.8 Å². The molecule has 5 heteroatoms. The van der Waals surface area contributed by atoms with Crippen LogP contribution in [0.3, 0.4) is 0 Å². The number of phenols is 1. The molecule has 0 radical (unpaired) electrons. The molecule has 0 atom stereocenters. The Hall–Kier alpha value is -1.26. The number of nitrogens with zero attached hydrogens (tertiary/aromatic N) is 1. The van der Waals surface area contributed by atoms with Crippen LogP contribution in [-0.2, 0) is 11.3 Å². The van der Waals surface area contributed by atoms with Gasteiger partial charge in [0.25, 0.3) is 0 Å². The Balaban J connectivity index is 2.49. The average Bonchev–Trinajstić information content (AvgIpc) is 2.31. The summed E-state index contributed by atoms with van der Waals surface area (Å²) in [7, 11) is 1.75. The Kier molecular flexibility index (Phi) is 5.25. The van der Waals surface area contributed by atoms with Crippen LogP contribution in [-0.4, -0.2) is 36.1 Å². The van der Waals surface area contributed by atoms with Crippen LogP contribution in [0.1, 0.15) is 12.5 Å². The molecule has 0 aliphatic carbocycles. The van der Waals surface area contributed by atoms with E-state index in [2.05, 4.69) is 5.32 Å². The molecule has 0 saturated heterocycles. The van der Waals surface area contributed by atoms with E-state index in [-0.39, 0.29) is 18.2 Å². The molecule has 1 amide bonds. The maximum Gasteiger partial charge on any atom is 0.236 e. The van der Waals surface area contributed by atoms with Gasteiger partial charge in [-0.25, -0.2) is 0 Å². The first kappa shape index (κ1) is 13.8. The van der Waals surface area contributed by atoms with E-state index in [1.165, 1.54) is 0 Å². The molecule has 0 aromatic heterocycles. The zero-order valence-corrected chi connectivity index (χ0v) is 10.8. The molecule has 0 fully saturated rings. The number of aromatic hydroxyl groups is 1. The topological polar surface area (TPSA) is 52.6 Å². The van der Waals surface area contributed by atoms with E-state index in [9.17, 15) is 9.90 Å². The van der Waals surface area contributed by atoms with Gasteiger partial charge in [-0.05, 0) is 19.1 Å². The second-order valence-corrected chi connectivity index (χ2v) is 4.16. The van der Waals surface area contributed by atoms with Crippen molar-refractivity contribution >= 4 is 17.5 Å². The van der Waals surface area contributed by atoms with Gasteiger partial charge in [-0.2, -0.15) is 0 Å². The highest BCUT2D eigenvalue weighted by molar-refractivity contribution is 6.31. The Labute approximate surface area is 106 Å². The van der Waals surface area contributed by atoms with E-state index >= 15 is 0 Å². The number of carbonyl (C=O) groups is 1. The number of hydrogen-bond acceptors (Lipinski definition) is 3. The molecule has 2 N–H and O–H groups in total. The zero-order chi connectivity index (χ0) is 12.8. The fraction of sp³-hybridized carbons (Fsp3) is 0.417. The summed E-state index contributed by atoms with van der Waals surface area (Å²) in [6, 6.07) is 4.96. The van der Waals surface area contributed by atoms with Gasteiger partial charge in [-0.15, -0.1) is 0 Å². The highest BCUT2D eigenvalue weighted by Crippen LogP contribution is 2.24. The van der Waals surface area contributed by atoms with Crippen LogP contribution in [0, 0.1) is 0 Å². The predicted molar refractivity (Wildman–Crippen MR) is 68.1 cm³/mol. The summed E-state index contributed by atoms with van der Waals surface area (Å²) in [6.45, 7) is 3.19. The lowest BCUT2D eigenvalue weighted by molar-refractivity contribution is -0.128. The number of halogens is 1. The Morgan fingerprint density at radius 2 is 2.24 bits per heavy atom. The van der Waals surface area contributed by atoms with E-state index in [0.717, 1.165) is 0 Å². The minimum atomic E-state index is 0.0130. The van der Waals surface area contributed by atoms with E-state index in [0.29, 0.717) is 23.7 Å². The number of likely N-dealkylation sites (N-methyl/N-ethyl adjacent to an activating group) is 1. The Morgan fingerprint density at radius 3 is 2.82 bits per heavy atom. The zero-order valence-electron chi connectivity index (χ0n) is 10.0. The second kappa shape index (κ2) is 6.47. The van der Waals surface area contributed by atoms with Gasteiger partial charge in [0.1, 0.15) is 5.75 Å². The SMILES string of the molecule is CCN(C)C(=O)CNCc1c(O)cccc1Cl. The third kappa shape index (κ3) is 3.91. The lowest BCUT2D eigenvalue weighted by Gasteiger charge is -2.15. The van der Waals surface area contributed by atoms with E-state index in [4.69, 9.17) is 11.6 Å². The number of amides is 1. The summed E-state index contributed by atoms with van der Waals surface area (Å²) in [5.74, 6) is 0.153. The lowest BCUT2D eigenvalue weighted by Crippen LogP contribution is -2.35. The first-order valence-electron chi connectivity index (χ1n) is 5.47. The maximum atomic E-state index is 11.5. The molecule has 1 aromatic carbocycles. The van der Waals surface area contributed by atoms with Gasteiger partial charge in [-0.3, -0.25) is 4.79 Å². The first-order chi connectivity index (χ1) is 8.06. The normalized spacial score (nSPS) is 10.3. The van der Waals surface area contributed by atoms with Gasteiger partial charge in [0.05, 0.1) is 6.54 Å². The average molecular weight is 257 g/mol. The predicted octanol–water partition coefficient (Wildman–Crippen LogP) is 1.61. The summed E-state index contributed by atoms with van der Waals surface area (Å²) in [4.78, 5) is 13.1. The molecular weight excluding hydrogens is 240 g/mol. The molecule has 0 heterocycles. The highest BCUT2D eigenvalue weighted by Gasteiger charge is 2.08. The van der Waals surface area contributed by atoms with Crippen LogP contribution in [0.2, 0.25) is 5.02 Å². The van der Waals surface area contributed by atoms with Crippen LogP contribution < -0.4 is 5.32 Å². The second-order valence-electron chi connectivity index (χ2n) is 3.75. The third-order valence-electron chi connectivity index (χ3n) is 2.57. The standard InChI is InChI=1S/C12H17ClN2O2/c1-3-15(2)12(17)8-14-7-9-10(13)5-4-6-11(9)16/h4-6,14,16H,3,7-8H2,1-2H3. The molecule has 0 aliphatic rings. The van der Waals surface area contributed by atoms with Crippen LogP contribution in [0.4, 0.5) is 0 Å². The minimum Gasteiger partial charge on any atom is -0.508 e. The molecule has 0 spiro atoms. The van der Waals surface area contributed by atoms with Gasteiger partial charge in [-0.1, -0.05) is 17.7 Å². The molecule has 1 rings (SSSR count). The summed E-state index contributed by atoms with van der Waals surface area (Å²) in [5, 5.41) is 13.0. The molecule has 0 bridgehead atoms. The quantitative estimate of drug-likeness (QED) is 0.842. The summed E-state index contributed by atoms with van der Waals surface area (Å²) < 4.78 is 0. The molecule has 1 aromatic rings. The number of rotatable bonds is 5. The first-order valence-corrected chi connectivity index (χ1v) is 5.85. The summed E-state index contributed by atoms with van der Waals surface area (Å²) in [5.41, 5.74) is 0.612. The number of phenolic OH excluding ortho intramolecular Hbond substituents is 1.